The molecule has 3 heteroatoms. The van der Waals surface area contributed by atoms with Gasteiger partial charge in [-0.1, -0.05) is 25.1 Å². The first-order chi connectivity index (χ1) is 7.67. The highest BCUT2D eigenvalue weighted by Gasteiger charge is 2.20. The van der Waals surface area contributed by atoms with Gasteiger partial charge in [0.05, 0.1) is 15.2 Å². The Morgan fingerprint density at radius 3 is 2.88 bits per heavy atom. The maximum Gasteiger partial charge on any atom is 0.0947 e. The van der Waals surface area contributed by atoms with E-state index in [1.807, 2.05) is 24.3 Å². The summed E-state index contributed by atoms with van der Waals surface area (Å²) in [6, 6.07) is 8.20. The first-order valence-corrected chi connectivity index (χ1v) is 6.17. The van der Waals surface area contributed by atoms with Gasteiger partial charge in [-0.05, 0) is 12.1 Å². The van der Waals surface area contributed by atoms with Crippen molar-refractivity contribution in [3.8, 4) is 0 Å². The molecule has 0 spiro atoms. The molecule has 0 saturated heterocycles. The third kappa shape index (κ3) is 2.15. The SMILES string of the molecule is C=CC(C)(CN)Cc1nc2ccccc2s1. The van der Waals surface area contributed by atoms with Gasteiger partial charge in [0, 0.05) is 18.4 Å². The molecule has 16 heavy (non-hydrogen) atoms. The van der Waals surface area contributed by atoms with Crippen LogP contribution >= 0.6 is 11.3 Å². The van der Waals surface area contributed by atoms with Crippen LogP contribution in [0.15, 0.2) is 36.9 Å². The zero-order chi connectivity index (χ0) is 11.6. The van der Waals surface area contributed by atoms with Gasteiger partial charge in [-0.2, -0.15) is 0 Å². The van der Waals surface area contributed by atoms with Crippen molar-refractivity contribution in [1.82, 2.24) is 4.98 Å². The van der Waals surface area contributed by atoms with Gasteiger partial charge < -0.3 is 5.73 Å². The molecule has 0 amide bonds. The van der Waals surface area contributed by atoms with Crippen molar-refractivity contribution in [1.29, 1.82) is 0 Å². The van der Waals surface area contributed by atoms with E-state index >= 15 is 0 Å². The first-order valence-electron chi connectivity index (χ1n) is 5.35. The molecule has 2 aromatic rings. The highest BCUT2D eigenvalue weighted by Crippen LogP contribution is 2.28. The minimum atomic E-state index is -0.0477. The summed E-state index contributed by atoms with van der Waals surface area (Å²) < 4.78 is 1.24. The number of rotatable bonds is 4. The Kier molecular flexibility index (Phi) is 3.08. The van der Waals surface area contributed by atoms with Gasteiger partial charge in [-0.25, -0.2) is 4.98 Å². The van der Waals surface area contributed by atoms with Gasteiger partial charge in [-0.3, -0.25) is 0 Å². The topological polar surface area (TPSA) is 38.9 Å². The Bertz CT molecular complexity index is 470. The number of hydrogen-bond donors (Lipinski definition) is 1. The van der Waals surface area contributed by atoms with Crippen LogP contribution in [-0.4, -0.2) is 11.5 Å². The Labute approximate surface area is 99.8 Å². The number of aromatic nitrogens is 1. The molecule has 1 aromatic heterocycles. The highest BCUT2D eigenvalue weighted by molar-refractivity contribution is 7.18. The average Bonchev–Trinajstić information content (AvgIpc) is 2.70. The Hall–Kier alpha value is -1.19. The molecule has 0 aliphatic carbocycles. The van der Waals surface area contributed by atoms with Crippen molar-refractivity contribution >= 4 is 21.6 Å². The summed E-state index contributed by atoms with van der Waals surface area (Å²) in [4.78, 5) is 4.61. The highest BCUT2D eigenvalue weighted by atomic mass is 32.1. The van der Waals surface area contributed by atoms with E-state index in [0.29, 0.717) is 6.54 Å². The zero-order valence-corrected chi connectivity index (χ0v) is 10.3. The van der Waals surface area contributed by atoms with Gasteiger partial charge in [0.1, 0.15) is 0 Å². The fourth-order valence-corrected chi connectivity index (χ4v) is 2.73. The normalized spacial score (nSPS) is 14.9. The number of benzene rings is 1. The van der Waals surface area contributed by atoms with E-state index in [9.17, 15) is 0 Å². The van der Waals surface area contributed by atoms with Crippen LogP contribution in [0, 0.1) is 5.41 Å². The molecular formula is C13H16N2S. The molecule has 2 nitrogen and oxygen atoms in total. The molecule has 0 radical (unpaired) electrons. The van der Waals surface area contributed by atoms with E-state index in [-0.39, 0.29) is 5.41 Å². The van der Waals surface area contributed by atoms with Crippen molar-refractivity contribution < 1.29 is 0 Å². The Balaban J connectivity index is 2.31. The third-order valence-electron chi connectivity index (χ3n) is 2.85. The number of thiazole rings is 1. The van der Waals surface area contributed by atoms with Crippen LogP contribution in [0.5, 0.6) is 0 Å². The first kappa shape index (κ1) is 11.3. The van der Waals surface area contributed by atoms with Crippen molar-refractivity contribution in [2.45, 2.75) is 13.3 Å². The predicted molar refractivity (Wildman–Crippen MR) is 70.7 cm³/mol. The second-order valence-corrected chi connectivity index (χ2v) is 5.43. The number of nitrogens with zero attached hydrogens (tertiary/aromatic N) is 1. The monoisotopic (exact) mass is 232 g/mol. The third-order valence-corrected chi connectivity index (χ3v) is 3.89. The molecule has 1 aromatic carbocycles. The van der Waals surface area contributed by atoms with E-state index in [1.54, 1.807) is 11.3 Å². The number of para-hydroxylation sites is 1. The smallest absolute Gasteiger partial charge is 0.0947 e. The van der Waals surface area contributed by atoms with E-state index in [2.05, 4.69) is 24.6 Å². The number of hydrogen-bond acceptors (Lipinski definition) is 3. The molecule has 2 rings (SSSR count). The summed E-state index contributed by atoms with van der Waals surface area (Å²) in [5.74, 6) is 0. The maximum absolute atomic E-state index is 5.77. The fourth-order valence-electron chi connectivity index (χ4n) is 1.57. The molecule has 1 unspecified atom stereocenters. The molecule has 0 bridgehead atoms. The quantitative estimate of drug-likeness (QED) is 0.823. The minimum absolute atomic E-state index is 0.0477. The lowest BCUT2D eigenvalue weighted by molar-refractivity contribution is 0.438. The summed E-state index contributed by atoms with van der Waals surface area (Å²) in [5.41, 5.74) is 6.79. The van der Waals surface area contributed by atoms with Gasteiger partial charge >= 0.3 is 0 Å². The van der Waals surface area contributed by atoms with Gasteiger partial charge in [0.25, 0.3) is 0 Å². The minimum Gasteiger partial charge on any atom is -0.330 e. The van der Waals surface area contributed by atoms with Crippen LogP contribution < -0.4 is 5.73 Å². The van der Waals surface area contributed by atoms with E-state index in [4.69, 9.17) is 5.73 Å². The number of fused-ring (bicyclic) bond motifs is 1. The van der Waals surface area contributed by atoms with Crippen LogP contribution in [0.4, 0.5) is 0 Å². The lowest BCUT2D eigenvalue weighted by Gasteiger charge is -2.21. The van der Waals surface area contributed by atoms with Gasteiger partial charge in [-0.15, -0.1) is 17.9 Å². The van der Waals surface area contributed by atoms with E-state index in [1.165, 1.54) is 4.70 Å². The summed E-state index contributed by atoms with van der Waals surface area (Å²) in [7, 11) is 0. The van der Waals surface area contributed by atoms with Crippen LogP contribution in [0.1, 0.15) is 11.9 Å². The predicted octanol–water partition coefficient (Wildman–Crippen LogP) is 2.99. The van der Waals surface area contributed by atoms with Crippen molar-refractivity contribution in [2.24, 2.45) is 11.1 Å². The van der Waals surface area contributed by atoms with E-state index < -0.39 is 0 Å². The maximum atomic E-state index is 5.77. The summed E-state index contributed by atoms with van der Waals surface area (Å²) in [6.45, 7) is 6.57. The largest absolute Gasteiger partial charge is 0.330 e. The van der Waals surface area contributed by atoms with Crippen LogP contribution in [0.25, 0.3) is 10.2 Å². The standard InChI is InChI=1S/C13H16N2S/c1-3-13(2,9-14)8-12-15-10-6-4-5-7-11(10)16-12/h3-7H,1,8-9,14H2,2H3. The van der Waals surface area contributed by atoms with E-state index in [0.717, 1.165) is 16.9 Å². The Morgan fingerprint density at radius 2 is 2.25 bits per heavy atom. The van der Waals surface area contributed by atoms with Gasteiger partial charge in [0.15, 0.2) is 0 Å². The molecule has 2 N–H and O–H groups in total. The molecule has 0 aliphatic rings. The Morgan fingerprint density at radius 1 is 1.50 bits per heavy atom. The van der Waals surface area contributed by atoms with Crippen LogP contribution in [0.2, 0.25) is 0 Å². The van der Waals surface area contributed by atoms with Gasteiger partial charge in [0.2, 0.25) is 0 Å². The molecular weight excluding hydrogens is 216 g/mol. The summed E-state index contributed by atoms with van der Waals surface area (Å²) >= 11 is 1.74. The van der Waals surface area contributed by atoms with Crippen LogP contribution in [0.3, 0.4) is 0 Å². The molecule has 1 atom stereocenters. The second kappa shape index (κ2) is 4.36. The molecule has 1 heterocycles. The lowest BCUT2D eigenvalue weighted by Crippen LogP contribution is -2.27. The molecule has 0 saturated carbocycles. The summed E-state index contributed by atoms with van der Waals surface area (Å²) in [6.07, 6.45) is 2.80. The zero-order valence-electron chi connectivity index (χ0n) is 9.44. The van der Waals surface area contributed by atoms with Crippen molar-refractivity contribution in [2.75, 3.05) is 6.54 Å². The molecule has 0 fully saturated rings. The van der Waals surface area contributed by atoms with Crippen molar-refractivity contribution in [3.05, 3.63) is 41.9 Å². The van der Waals surface area contributed by atoms with Crippen LogP contribution in [-0.2, 0) is 6.42 Å². The molecule has 0 aliphatic heterocycles. The number of nitrogens with two attached hydrogens (primary N) is 1. The lowest BCUT2D eigenvalue weighted by atomic mass is 9.87. The fraction of sp³-hybridized carbons (Fsp3) is 0.308. The average molecular weight is 232 g/mol. The summed E-state index contributed by atoms with van der Waals surface area (Å²) in [5, 5.41) is 1.13. The van der Waals surface area contributed by atoms with Crippen molar-refractivity contribution in [3.63, 3.8) is 0 Å². The molecule has 84 valence electrons. The second-order valence-electron chi connectivity index (χ2n) is 4.31.